The van der Waals surface area contributed by atoms with Gasteiger partial charge >= 0.3 is 0 Å². The fourth-order valence-corrected chi connectivity index (χ4v) is 1.21. The molecule has 1 rings (SSSR count). The first-order valence-electron chi connectivity index (χ1n) is 4.00. The van der Waals surface area contributed by atoms with Crippen LogP contribution >= 0.6 is 0 Å². The summed E-state index contributed by atoms with van der Waals surface area (Å²) in [5.41, 5.74) is 0.970. The summed E-state index contributed by atoms with van der Waals surface area (Å²) in [5.74, 6) is 0.221. The zero-order chi connectivity index (χ0) is 10.7. The van der Waals surface area contributed by atoms with E-state index in [4.69, 9.17) is 0 Å². The number of nitrogens with zero attached hydrogens (tertiary/aromatic N) is 1. The largest absolute Gasteiger partial charge is 0.462 e. The lowest BCUT2D eigenvalue weighted by molar-refractivity contribution is -0.385. The van der Waals surface area contributed by atoms with Crippen molar-refractivity contribution >= 4 is 5.69 Å². The Balaban J connectivity index is 3.24. The van der Waals surface area contributed by atoms with E-state index in [1.54, 1.807) is 13.0 Å². The smallest absolute Gasteiger partial charge is 0.276 e. The molecule has 5 heteroatoms. The van der Waals surface area contributed by atoms with Gasteiger partial charge in [0.15, 0.2) is 0 Å². The first-order chi connectivity index (χ1) is 6.56. The number of nitro benzene ring substituents is 1. The molecule has 0 bridgehead atoms. The lowest BCUT2D eigenvalue weighted by Gasteiger charge is -2.06. The van der Waals surface area contributed by atoms with Crippen LogP contribution in [0.5, 0.6) is 5.75 Å². The molecule has 1 aromatic rings. The number of hydrogen-bond donors (Lipinski definition) is 0. The molecule has 0 unspecified atom stereocenters. The Morgan fingerprint density at radius 1 is 1.50 bits per heavy atom. The van der Waals surface area contributed by atoms with Crippen molar-refractivity contribution in [2.75, 3.05) is 6.86 Å². The molecule has 1 aromatic carbocycles. The third-order valence-corrected chi connectivity index (χ3v) is 1.88. The summed E-state index contributed by atoms with van der Waals surface area (Å²) >= 11 is 0. The van der Waals surface area contributed by atoms with Crippen LogP contribution in [0.4, 0.5) is 10.1 Å². The zero-order valence-corrected chi connectivity index (χ0v) is 7.91. The molecule has 0 amide bonds. The lowest BCUT2D eigenvalue weighted by atomic mass is 10.1. The molecule has 0 aliphatic rings. The van der Waals surface area contributed by atoms with Crippen molar-refractivity contribution in [2.24, 2.45) is 0 Å². The maximum absolute atomic E-state index is 11.9. The van der Waals surface area contributed by atoms with Gasteiger partial charge in [-0.2, -0.15) is 0 Å². The van der Waals surface area contributed by atoms with Gasteiger partial charge in [-0.3, -0.25) is 10.1 Å². The van der Waals surface area contributed by atoms with Crippen LogP contribution in [0, 0.1) is 24.0 Å². The topological polar surface area (TPSA) is 52.4 Å². The summed E-state index contributed by atoms with van der Waals surface area (Å²) in [6.07, 6.45) is 0. The fourth-order valence-electron chi connectivity index (χ4n) is 1.21. The Labute approximate surface area is 80.5 Å². The summed E-state index contributed by atoms with van der Waals surface area (Å²) in [5, 5.41) is 10.6. The first-order valence-corrected chi connectivity index (χ1v) is 4.00. The molecule has 0 atom stereocenters. The summed E-state index contributed by atoms with van der Waals surface area (Å²) in [4.78, 5) is 10.1. The summed E-state index contributed by atoms with van der Waals surface area (Å²) in [7, 11) is 0. The third kappa shape index (κ3) is 1.99. The van der Waals surface area contributed by atoms with Gasteiger partial charge in [0, 0.05) is 6.07 Å². The molecule has 0 heterocycles. The average molecular weight is 199 g/mol. The van der Waals surface area contributed by atoms with Crippen LogP contribution < -0.4 is 4.74 Å². The maximum Gasteiger partial charge on any atom is 0.276 e. The van der Waals surface area contributed by atoms with Crippen LogP contribution in [-0.4, -0.2) is 11.8 Å². The zero-order valence-electron chi connectivity index (χ0n) is 7.91. The molecule has 4 nitrogen and oxygen atoms in total. The number of nitro groups is 1. The van der Waals surface area contributed by atoms with Gasteiger partial charge in [-0.15, -0.1) is 0 Å². The van der Waals surface area contributed by atoms with E-state index in [-0.39, 0.29) is 11.4 Å². The average Bonchev–Trinajstić information content (AvgIpc) is 2.10. The van der Waals surface area contributed by atoms with Gasteiger partial charge in [-0.25, -0.2) is 4.39 Å². The minimum absolute atomic E-state index is 0.0477. The highest BCUT2D eigenvalue weighted by Gasteiger charge is 2.15. The number of rotatable bonds is 3. The molecular formula is C9H10FNO3. The van der Waals surface area contributed by atoms with Crippen molar-refractivity contribution in [3.05, 3.63) is 33.4 Å². The van der Waals surface area contributed by atoms with Crippen LogP contribution in [0.2, 0.25) is 0 Å². The van der Waals surface area contributed by atoms with Gasteiger partial charge in [0.2, 0.25) is 6.86 Å². The van der Waals surface area contributed by atoms with Crippen molar-refractivity contribution in [2.45, 2.75) is 13.8 Å². The van der Waals surface area contributed by atoms with E-state index in [1.165, 1.54) is 13.0 Å². The Bertz CT molecular complexity index is 365. The predicted octanol–water partition coefficient (Wildman–Crippen LogP) is 2.52. The fraction of sp³-hybridized carbons (Fsp3) is 0.333. The van der Waals surface area contributed by atoms with Crippen molar-refractivity contribution in [3.8, 4) is 5.75 Å². The normalized spacial score (nSPS) is 9.93. The van der Waals surface area contributed by atoms with E-state index < -0.39 is 11.8 Å². The highest BCUT2D eigenvalue weighted by molar-refractivity contribution is 5.51. The monoisotopic (exact) mass is 199 g/mol. The number of alkyl halides is 1. The third-order valence-electron chi connectivity index (χ3n) is 1.88. The van der Waals surface area contributed by atoms with E-state index in [1.807, 2.05) is 0 Å². The minimum Gasteiger partial charge on any atom is -0.462 e. The van der Waals surface area contributed by atoms with Gasteiger partial charge in [0.1, 0.15) is 5.75 Å². The second-order valence-electron chi connectivity index (χ2n) is 2.92. The Morgan fingerprint density at radius 3 is 2.64 bits per heavy atom. The molecular weight excluding hydrogens is 189 g/mol. The SMILES string of the molecule is Cc1cc(OCF)c(C)c([N+](=O)[O-])c1. The summed E-state index contributed by atoms with van der Waals surface area (Å²) in [6, 6.07) is 3.00. The van der Waals surface area contributed by atoms with E-state index in [2.05, 4.69) is 4.74 Å². The van der Waals surface area contributed by atoms with E-state index in [0.717, 1.165) is 0 Å². The molecule has 0 saturated carbocycles. The number of benzene rings is 1. The van der Waals surface area contributed by atoms with E-state index >= 15 is 0 Å². The van der Waals surface area contributed by atoms with Gasteiger partial charge in [0.25, 0.3) is 5.69 Å². The first kappa shape index (κ1) is 10.4. The molecule has 0 aromatic heterocycles. The second-order valence-corrected chi connectivity index (χ2v) is 2.92. The van der Waals surface area contributed by atoms with Crippen molar-refractivity contribution in [3.63, 3.8) is 0 Å². The number of ether oxygens (including phenoxy) is 1. The van der Waals surface area contributed by atoms with E-state index in [9.17, 15) is 14.5 Å². The van der Waals surface area contributed by atoms with Crippen LogP contribution in [0.3, 0.4) is 0 Å². The molecule has 76 valence electrons. The highest BCUT2D eigenvalue weighted by Crippen LogP contribution is 2.29. The Hall–Kier alpha value is -1.65. The van der Waals surface area contributed by atoms with Gasteiger partial charge in [-0.1, -0.05) is 0 Å². The molecule has 0 saturated heterocycles. The molecule has 0 N–H and O–H groups in total. The van der Waals surface area contributed by atoms with Crippen LogP contribution in [0.25, 0.3) is 0 Å². The van der Waals surface area contributed by atoms with Gasteiger partial charge in [0.05, 0.1) is 10.5 Å². The number of hydrogen-bond acceptors (Lipinski definition) is 3. The van der Waals surface area contributed by atoms with Crippen molar-refractivity contribution in [1.29, 1.82) is 0 Å². The molecule has 0 aliphatic carbocycles. The summed E-state index contributed by atoms with van der Waals surface area (Å²) in [6.45, 7) is 2.24. The standard InChI is InChI=1S/C9H10FNO3/c1-6-3-8(11(12)13)7(2)9(4-6)14-5-10/h3-4H,5H2,1-2H3. The van der Waals surface area contributed by atoms with Crippen LogP contribution in [-0.2, 0) is 0 Å². The van der Waals surface area contributed by atoms with E-state index in [0.29, 0.717) is 11.1 Å². The number of aryl methyl sites for hydroxylation is 1. The molecule has 0 aliphatic heterocycles. The molecule has 0 spiro atoms. The van der Waals surface area contributed by atoms with Crippen molar-refractivity contribution < 1.29 is 14.1 Å². The van der Waals surface area contributed by atoms with Gasteiger partial charge in [-0.05, 0) is 25.5 Å². The van der Waals surface area contributed by atoms with Crippen molar-refractivity contribution in [1.82, 2.24) is 0 Å². The predicted molar refractivity (Wildman–Crippen MR) is 49.2 cm³/mol. The molecule has 0 radical (unpaired) electrons. The maximum atomic E-state index is 11.9. The lowest BCUT2D eigenvalue weighted by Crippen LogP contribution is -1.98. The van der Waals surface area contributed by atoms with Crippen LogP contribution in [0.15, 0.2) is 12.1 Å². The summed E-state index contributed by atoms with van der Waals surface area (Å²) < 4.78 is 16.6. The minimum atomic E-state index is -0.985. The van der Waals surface area contributed by atoms with Gasteiger partial charge < -0.3 is 4.74 Å². The Kier molecular flexibility index (Phi) is 3.01. The second kappa shape index (κ2) is 4.04. The Morgan fingerprint density at radius 2 is 2.14 bits per heavy atom. The molecule has 14 heavy (non-hydrogen) atoms. The number of halogens is 1. The molecule has 0 fully saturated rings. The highest BCUT2D eigenvalue weighted by atomic mass is 19.1. The quantitative estimate of drug-likeness (QED) is 0.555. The van der Waals surface area contributed by atoms with Crippen LogP contribution in [0.1, 0.15) is 11.1 Å².